The van der Waals surface area contributed by atoms with E-state index in [0.29, 0.717) is 6.54 Å². The van der Waals surface area contributed by atoms with Crippen molar-refractivity contribution in [2.75, 3.05) is 0 Å². The first-order chi connectivity index (χ1) is 7.93. The van der Waals surface area contributed by atoms with Crippen molar-refractivity contribution >= 4 is 0 Å². The summed E-state index contributed by atoms with van der Waals surface area (Å²) in [7, 11) is 1.90. The van der Waals surface area contributed by atoms with Gasteiger partial charge in [-0.1, -0.05) is 20.8 Å². The highest BCUT2D eigenvalue weighted by Crippen LogP contribution is 2.32. The predicted octanol–water partition coefficient (Wildman–Crippen LogP) is 2.44. The lowest BCUT2D eigenvalue weighted by Crippen LogP contribution is -2.09. The second-order valence-electron chi connectivity index (χ2n) is 5.26. The fraction of sp³-hybridized carbons (Fsp3) is 0.462. The zero-order valence-corrected chi connectivity index (χ0v) is 10.8. The van der Waals surface area contributed by atoms with E-state index in [9.17, 15) is 0 Å². The van der Waals surface area contributed by atoms with E-state index in [-0.39, 0.29) is 5.41 Å². The quantitative estimate of drug-likeness (QED) is 0.866. The molecule has 0 spiro atoms. The summed E-state index contributed by atoms with van der Waals surface area (Å²) in [5.41, 5.74) is 7.75. The van der Waals surface area contributed by atoms with Gasteiger partial charge in [0.05, 0.1) is 0 Å². The van der Waals surface area contributed by atoms with Crippen molar-refractivity contribution in [1.29, 1.82) is 0 Å². The van der Waals surface area contributed by atoms with E-state index in [1.807, 2.05) is 19.2 Å². The summed E-state index contributed by atoms with van der Waals surface area (Å²) in [4.78, 5) is 0. The Labute approximate surface area is 101 Å². The molecule has 2 N–H and O–H groups in total. The number of hydrogen-bond acceptors (Lipinski definition) is 3. The van der Waals surface area contributed by atoms with Gasteiger partial charge in [-0.2, -0.15) is 5.10 Å². The van der Waals surface area contributed by atoms with Crippen LogP contribution in [-0.4, -0.2) is 9.78 Å². The van der Waals surface area contributed by atoms with Gasteiger partial charge in [0.2, 0.25) is 0 Å². The Kier molecular flexibility index (Phi) is 2.83. The van der Waals surface area contributed by atoms with Gasteiger partial charge >= 0.3 is 0 Å². The molecule has 4 nitrogen and oxygen atoms in total. The minimum absolute atomic E-state index is 0.0131. The monoisotopic (exact) mass is 233 g/mol. The fourth-order valence-electron chi connectivity index (χ4n) is 1.76. The molecule has 0 aliphatic rings. The molecule has 0 saturated heterocycles. The minimum Gasteiger partial charge on any atom is -0.459 e. The number of furan rings is 1. The third-order valence-electron chi connectivity index (χ3n) is 2.82. The third-order valence-corrected chi connectivity index (χ3v) is 2.82. The molecule has 92 valence electrons. The predicted molar refractivity (Wildman–Crippen MR) is 67.5 cm³/mol. The Morgan fingerprint density at radius 1 is 1.41 bits per heavy atom. The summed E-state index contributed by atoms with van der Waals surface area (Å²) >= 11 is 0. The van der Waals surface area contributed by atoms with Gasteiger partial charge in [0.15, 0.2) is 5.76 Å². The van der Waals surface area contributed by atoms with Crippen LogP contribution in [-0.2, 0) is 19.0 Å². The maximum Gasteiger partial charge on any atom is 0.156 e. The molecular weight excluding hydrogens is 214 g/mol. The topological polar surface area (TPSA) is 57.0 Å². The van der Waals surface area contributed by atoms with E-state index in [1.165, 1.54) is 0 Å². The molecule has 0 aliphatic carbocycles. The van der Waals surface area contributed by atoms with Gasteiger partial charge in [-0.15, -0.1) is 0 Å². The molecular formula is C13H19N3O. The van der Waals surface area contributed by atoms with Gasteiger partial charge in [0, 0.05) is 30.8 Å². The SMILES string of the molecule is Cn1nccc1-c1oc(C(C)(C)C)cc1CN. The highest BCUT2D eigenvalue weighted by Gasteiger charge is 2.22. The van der Waals surface area contributed by atoms with Crippen LogP contribution >= 0.6 is 0 Å². The second kappa shape index (κ2) is 4.04. The van der Waals surface area contributed by atoms with Crippen LogP contribution in [0.2, 0.25) is 0 Å². The lowest BCUT2D eigenvalue weighted by atomic mass is 9.93. The van der Waals surface area contributed by atoms with Crippen LogP contribution < -0.4 is 5.73 Å². The lowest BCUT2D eigenvalue weighted by Gasteiger charge is -2.14. The van der Waals surface area contributed by atoms with Crippen molar-refractivity contribution < 1.29 is 4.42 Å². The third kappa shape index (κ3) is 2.13. The van der Waals surface area contributed by atoms with Crippen LogP contribution in [0.1, 0.15) is 32.1 Å². The van der Waals surface area contributed by atoms with Gasteiger partial charge in [-0.05, 0) is 12.1 Å². The molecule has 0 fully saturated rings. The number of hydrogen-bond donors (Lipinski definition) is 1. The summed E-state index contributed by atoms with van der Waals surface area (Å²) < 4.78 is 7.75. The molecule has 2 heterocycles. The zero-order valence-electron chi connectivity index (χ0n) is 10.8. The van der Waals surface area contributed by atoms with Crippen molar-refractivity contribution in [1.82, 2.24) is 9.78 Å². The van der Waals surface area contributed by atoms with Gasteiger partial charge < -0.3 is 10.2 Å². The van der Waals surface area contributed by atoms with Crippen molar-refractivity contribution in [3.8, 4) is 11.5 Å². The molecule has 0 aromatic carbocycles. The van der Waals surface area contributed by atoms with Crippen molar-refractivity contribution in [3.05, 3.63) is 29.7 Å². The fourth-order valence-corrected chi connectivity index (χ4v) is 1.76. The molecule has 2 aromatic heterocycles. The minimum atomic E-state index is -0.0131. The van der Waals surface area contributed by atoms with Gasteiger partial charge in [0.25, 0.3) is 0 Å². The summed E-state index contributed by atoms with van der Waals surface area (Å²) in [6.45, 7) is 6.84. The van der Waals surface area contributed by atoms with Crippen LogP contribution in [0.5, 0.6) is 0 Å². The second-order valence-corrected chi connectivity index (χ2v) is 5.26. The molecule has 0 radical (unpaired) electrons. The maximum atomic E-state index is 5.95. The molecule has 0 aliphatic heterocycles. The molecule has 0 unspecified atom stereocenters. The molecule has 0 bridgehead atoms. The Bertz CT molecular complexity index is 517. The van der Waals surface area contributed by atoms with Crippen LogP contribution in [0, 0.1) is 0 Å². The first kappa shape index (κ1) is 11.9. The highest BCUT2D eigenvalue weighted by atomic mass is 16.3. The summed E-state index contributed by atoms with van der Waals surface area (Å²) in [5.74, 6) is 1.78. The van der Waals surface area contributed by atoms with Crippen molar-refractivity contribution in [2.45, 2.75) is 32.7 Å². The smallest absolute Gasteiger partial charge is 0.156 e. The van der Waals surface area contributed by atoms with Crippen molar-refractivity contribution in [2.24, 2.45) is 12.8 Å². The number of aryl methyl sites for hydroxylation is 1. The maximum absolute atomic E-state index is 5.95. The van der Waals surface area contributed by atoms with E-state index < -0.39 is 0 Å². The van der Waals surface area contributed by atoms with Gasteiger partial charge in [-0.3, -0.25) is 4.68 Å². The van der Waals surface area contributed by atoms with Crippen LogP contribution in [0.3, 0.4) is 0 Å². The van der Waals surface area contributed by atoms with E-state index in [4.69, 9.17) is 10.2 Å². The number of aromatic nitrogens is 2. The molecule has 4 heteroatoms. The van der Waals surface area contributed by atoms with Crippen LogP contribution in [0.4, 0.5) is 0 Å². The van der Waals surface area contributed by atoms with E-state index in [1.54, 1.807) is 10.9 Å². The van der Waals surface area contributed by atoms with E-state index in [0.717, 1.165) is 22.8 Å². The normalized spacial score (nSPS) is 12.1. The van der Waals surface area contributed by atoms with Gasteiger partial charge in [-0.25, -0.2) is 0 Å². The highest BCUT2D eigenvalue weighted by molar-refractivity contribution is 5.58. The Balaban J connectivity index is 2.55. The first-order valence-corrected chi connectivity index (χ1v) is 5.75. The summed E-state index contributed by atoms with van der Waals surface area (Å²) in [6, 6.07) is 3.98. The number of nitrogens with zero attached hydrogens (tertiary/aromatic N) is 2. The average molecular weight is 233 g/mol. The molecule has 17 heavy (non-hydrogen) atoms. The Morgan fingerprint density at radius 2 is 2.12 bits per heavy atom. The standard InChI is InChI=1S/C13H19N3O/c1-13(2,3)11-7-9(8-14)12(17-11)10-5-6-15-16(10)4/h5-7H,8,14H2,1-4H3. The Morgan fingerprint density at radius 3 is 2.59 bits per heavy atom. The molecule has 0 atom stereocenters. The molecule has 2 aromatic rings. The average Bonchev–Trinajstić information content (AvgIpc) is 2.81. The van der Waals surface area contributed by atoms with E-state index >= 15 is 0 Å². The molecule has 2 rings (SSSR count). The van der Waals surface area contributed by atoms with Crippen LogP contribution in [0.15, 0.2) is 22.7 Å². The van der Waals surface area contributed by atoms with Crippen molar-refractivity contribution in [3.63, 3.8) is 0 Å². The molecule has 0 amide bonds. The Hall–Kier alpha value is -1.55. The van der Waals surface area contributed by atoms with Crippen LogP contribution in [0.25, 0.3) is 11.5 Å². The van der Waals surface area contributed by atoms with E-state index in [2.05, 4.69) is 25.9 Å². The molecule has 0 saturated carbocycles. The summed E-state index contributed by atoms with van der Waals surface area (Å²) in [5, 5.41) is 4.16. The zero-order chi connectivity index (χ0) is 12.6. The lowest BCUT2D eigenvalue weighted by molar-refractivity contribution is 0.414. The number of nitrogens with two attached hydrogens (primary N) is 1. The largest absolute Gasteiger partial charge is 0.459 e. The summed E-state index contributed by atoms with van der Waals surface area (Å²) in [6.07, 6.45) is 1.76. The number of rotatable bonds is 2. The van der Waals surface area contributed by atoms with Gasteiger partial charge in [0.1, 0.15) is 11.5 Å². The first-order valence-electron chi connectivity index (χ1n) is 5.75.